The van der Waals surface area contributed by atoms with Crippen LogP contribution in [-0.2, 0) is 11.8 Å². The van der Waals surface area contributed by atoms with E-state index in [0.717, 1.165) is 22.4 Å². The Morgan fingerprint density at radius 3 is 2.24 bits per heavy atom. The number of aromatic nitrogens is 2. The lowest BCUT2D eigenvalue weighted by Crippen LogP contribution is -2.39. The van der Waals surface area contributed by atoms with Crippen LogP contribution in [0.2, 0.25) is 0 Å². The third-order valence-electron chi connectivity index (χ3n) is 4.92. The minimum absolute atomic E-state index is 0.199. The SMILES string of the molecule is C[C@@H](Oc1ccccc1)C(=O)N[C@@H](c1ccccc1)c1nc2ccccc2n1C. The number of nitrogens with zero attached hydrogens (tertiary/aromatic N) is 2. The molecule has 0 radical (unpaired) electrons. The van der Waals surface area contributed by atoms with Gasteiger partial charge in [-0.15, -0.1) is 0 Å². The zero-order chi connectivity index (χ0) is 20.2. The summed E-state index contributed by atoms with van der Waals surface area (Å²) in [6.45, 7) is 1.75. The van der Waals surface area contributed by atoms with E-state index in [1.807, 2.05) is 96.5 Å². The number of imidazole rings is 1. The first-order valence-electron chi connectivity index (χ1n) is 9.62. The first-order valence-corrected chi connectivity index (χ1v) is 9.62. The average Bonchev–Trinajstić information content (AvgIpc) is 3.09. The molecule has 0 saturated carbocycles. The molecule has 0 fully saturated rings. The van der Waals surface area contributed by atoms with E-state index < -0.39 is 6.10 Å². The van der Waals surface area contributed by atoms with Gasteiger partial charge in [0.05, 0.1) is 11.0 Å². The van der Waals surface area contributed by atoms with E-state index in [1.54, 1.807) is 6.92 Å². The van der Waals surface area contributed by atoms with Gasteiger partial charge in [-0.1, -0.05) is 60.7 Å². The summed E-state index contributed by atoms with van der Waals surface area (Å²) < 4.78 is 7.82. The zero-order valence-electron chi connectivity index (χ0n) is 16.4. The third-order valence-corrected chi connectivity index (χ3v) is 4.92. The second kappa shape index (κ2) is 8.19. The number of rotatable bonds is 6. The molecule has 3 aromatic carbocycles. The molecule has 0 aliphatic carbocycles. The quantitative estimate of drug-likeness (QED) is 0.540. The van der Waals surface area contributed by atoms with Gasteiger partial charge in [0.2, 0.25) is 0 Å². The van der Waals surface area contributed by atoms with Gasteiger partial charge in [-0.25, -0.2) is 4.98 Å². The summed E-state index contributed by atoms with van der Waals surface area (Å²) in [5, 5.41) is 3.12. The molecule has 1 heterocycles. The summed E-state index contributed by atoms with van der Waals surface area (Å²) in [7, 11) is 1.97. The van der Waals surface area contributed by atoms with Crippen LogP contribution in [-0.4, -0.2) is 21.6 Å². The van der Waals surface area contributed by atoms with Crippen molar-refractivity contribution < 1.29 is 9.53 Å². The molecule has 2 atom stereocenters. The lowest BCUT2D eigenvalue weighted by atomic mass is 10.1. The van der Waals surface area contributed by atoms with E-state index in [4.69, 9.17) is 9.72 Å². The van der Waals surface area contributed by atoms with Gasteiger partial charge >= 0.3 is 0 Å². The van der Waals surface area contributed by atoms with Crippen LogP contribution >= 0.6 is 0 Å². The van der Waals surface area contributed by atoms with Gasteiger partial charge in [0.1, 0.15) is 17.6 Å². The maximum atomic E-state index is 13.0. The molecular weight excluding hydrogens is 362 g/mol. The lowest BCUT2D eigenvalue weighted by Gasteiger charge is -2.22. The molecule has 0 bridgehead atoms. The number of nitrogens with one attached hydrogen (secondary N) is 1. The van der Waals surface area contributed by atoms with Crippen LogP contribution in [0.25, 0.3) is 11.0 Å². The second-order valence-electron chi connectivity index (χ2n) is 6.94. The van der Waals surface area contributed by atoms with Crippen molar-refractivity contribution in [1.82, 2.24) is 14.9 Å². The number of amides is 1. The highest BCUT2D eigenvalue weighted by atomic mass is 16.5. The Kier molecular flexibility index (Phi) is 5.29. The molecule has 1 N–H and O–H groups in total. The molecule has 0 aliphatic rings. The Bertz CT molecular complexity index is 1110. The highest BCUT2D eigenvalue weighted by molar-refractivity contribution is 5.82. The normalized spacial score (nSPS) is 13.0. The Labute approximate surface area is 170 Å². The van der Waals surface area contributed by atoms with Crippen LogP contribution in [0.1, 0.15) is 24.4 Å². The van der Waals surface area contributed by atoms with Gasteiger partial charge in [0, 0.05) is 7.05 Å². The monoisotopic (exact) mass is 385 g/mol. The summed E-state index contributed by atoms with van der Waals surface area (Å²) in [5.41, 5.74) is 2.88. The number of hydrogen-bond donors (Lipinski definition) is 1. The van der Waals surface area contributed by atoms with E-state index in [2.05, 4.69) is 5.32 Å². The molecule has 0 aliphatic heterocycles. The molecule has 4 rings (SSSR count). The van der Waals surface area contributed by atoms with Crippen molar-refractivity contribution in [1.29, 1.82) is 0 Å². The molecule has 29 heavy (non-hydrogen) atoms. The summed E-state index contributed by atoms with van der Waals surface area (Å²) >= 11 is 0. The maximum absolute atomic E-state index is 13.0. The fourth-order valence-electron chi connectivity index (χ4n) is 3.38. The van der Waals surface area contributed by atoms with Gasteiger partial charge in [-0.05, 0) is 36.8 Å². The van der Waals surface area contributed by atoms with Crippen LogP contribution in [0, 0.1) is 0 Å². The van der Waals surface area contributed by atoms with Crippen molar-refractivity contribution in [2.75, 3.05) is 0 Å². The summed E-state index contributed by atoms with van der Waals surface area (Å²) in [5.74, 6) is 1.24. The topological polar surface area (TPSA) is 56.1 Å². The molecule has 146 valence electrons. The van der Waals surface area contributed by atoms with Gasteiger partial charge in [-0.3, -0.25) is 4.79 Å². The molecule has 4 aromatic rings. The number of hydrogen-bond acceptors (Lipinski definition) is 3. The van der Waals surface area contributed by atoms with Crippen molar-refractivity contribution in [3.8, 4) is 5.75 Å². The van der Waals surface area contributed by atoms with Gasteiger partial charge in [-0.2, -0.15) is 0 Å². The van der Waals surface area contributed by atoms with Crippen LogP contribution in [0.5, 0.6) is 5.75 Å². The van der Waals surface area contributed by atoms with Crippen molar-refractivity contribution in [3.63, 3.8) is 0 Å². The molecule has 0 saturated heterocycles. The Balaban J connectivity index is 1.64. The predicted molar refractivity (Wildman–Crippen MR) is 114 cm³/mol. The Hall–Kier alpha value is -3.60. The number of fused-ring (bicyclic) bond motifs is 1. The van der Waals surface area contributed by atoms with E-state index in [-0.39, 0.29) is 11.9 Å². The molecule has 0 spiro atoms. The Morgan fingerprint density at radius 2 is 1.55 bits per heavy atom. The maximum Gasteiger partial charge on any atom is 0.261 e. The van der Waals surface area contributed by atoms with E-state index >= 15 is 0 Å². The molecular formula is C24H23N3O2. The number of aryl methyl sites for hydroxylation is 1. The minimum atomic E-state index is -0.640. The van der Waals surface area contributed by atoms with Crippen molar-refractivity contribution in [2.24, 2.45) is 7.05 Å². The van der Waals surface area contributed by atoms with E-state index in [0.29, 0.717) is 5.75 Å². The summed E-state index contributed by atoms with van der Waals surface area (Å²) in [6, 6.07) is 26.8. The number of carbonyl (C=O) groups is 1. The van der Waals surface area contributed by atoms with Crippen LogP contribution in [0.3, 0.4) is 0 Å². The van der Waals surface area contributed by atoms with Gasteiger partial charge < -0.3 is 14.6 Å². The largest absolute Gasteiger partial charge is 0.481 e. The van der Waals surface area contributed by atoms with Crippen molar-refractivity contribution in [3.05, 3.63) is 96.3 Å². The average molecular weight is 385 g/mol. The first kappa shape index (κ1) is 18.7. The zero-order valence-corrected chi connectivity index (χ0v) is 16.4. The number of ether oxygens (including phenoxy) is 1. The van der Waals surface area contributed by atoms with E-state index in [9.17, 15) is 4.79 Å². The Morgan fingerprint density at radius 1 is 0.931 bits per heavy atom. The fraction of sp³-hybridized carbons (Fsp3) is 0.167. The number of para-hydroxylation sites is 3. The van der Waals surface area contributed by atoms with Crippen molar-refractivity contribution >= 4 is 16.9 Å². The highest BCUT2D eigenvalue weighted by Crippen LogP contribution is 2.25. The fourth-order valence-corrected chi connectivity index (χ4v) is 3.38. The predicted octanol–water partition coefficient (Wildman–Crippen LogP) is 4.25. The van der Waals surface area contributed by atoms with Gasteiger partial charge in [0.15, 0.2) is 6.10 Å². The highest BCUT2D eigenvalue weighted by Gasteiger charge is 2.25. The molecule has 0 unspecified atom stereocenters. The third kappa shape index (κ3) is 3.99. The number of carbonyl (C=O) groups excluding carboxylic acids is 1. The van der Waals surface area contributed by atoms with E-state index in [1.165, 1.54) is 0 Å². The molecule has 5 nitrogen and oxygen atoms in total. The standard InChI is InChI=1S/C24H23N3O2/c1-17(29-19-13-7-4-8-14-19)24(28)26-22(18-11-5-3-6-12-18)23-25-20-15-9-10-16-21(20)27(23)2/h3-17,22H,1-2H3,(H,26,28)/t17-,22+/m1/s1. The van der Waals surface area contributed by atoms with Crippen LogP contribution < -0.4 is 10.1 Å². The molecule has 5 heteroatoms. The lowest BCUT2D eigenvalue weighted by molar-refractivity contribution is -0.127. The number of benzene rings is 3. The van der Waals surface area contributed by atoms with Crippen LogP contribution in [0.15, 0.2) is 84.9 Å². The molecule has 1 aromatic heterocycles. The van der Waals surface area contributed by atoms with Gasteiger partial charge in [0.25, 0.3) is 5.91 Å². The summed E-state index contributed by atoms with van der Waals surface area (Å²) in [4.78, 5) is 17.8. The molecule has 1 amide bonds. The first-order chi connectivity index (χ1) is 14.1. The summed E-state index contributed by atoms with van der Waals surface area (Å²) in [6.07, 6.45) is -0.640. The van der Waals surface area contributed by atoms with Crippen LogP contribution in [0.4, 0.5) is 0 Å². The smallest absolute Gasteiger partial charge is 0.261 e. The second-order valence-corrected chi connectivity index (χ2v) is 6.94. The van der Waals surface area contributed by atoms with Crippen molar-refractivity contribution in [2.45, 2.75) is 19.1 Å². The minimum Gasteiger partial charge on any atom is -0.481 e.